The molecule has 2 aromatic carbocycles. The molecule has 24 heavy (non-hydrogen) atoms. The molecule has 1 aromatic heterocycles. The Balaban J connectivity index is 1.49. The van der Waals surface area contributed by atoms with Crippen LogP contribution >= 0.6 is 0 Å². The second-order valence-electron chi connectivity index (χ2n) is 6.22. The van der Waals surface area contributed by atoms with E-state index in [0.29, 0.717) is 0 Å². The normalized spacial score (nSPS) is 18.1. The molecule has 0 saturated carbocycles. The third kappa shape index (κ3) is 3.09. The van der Waals surface area contributed by atoms with Crippen LogP contribution in [0.3, 0.4) is 0 Å². The first-order valence-corrected chi connectivity index (χ1v) is 8.22. The van der Waals surface area contributed by atoms with Crippen LogP contribution in [0.2, 0.25) is 0 Å². The summed E-state index contributed by atoms with van der Waals surface area (Å²) in [5.41, 5.74) is 4.56. The molecule has 0 saturated heterocycles. The first kappa shape index (κ1) is 15.1. The Bertz CT molecular complexity index is 798. The van der Waals surface area contributed by atoms with Gasteiger partial charge < -0.3 is 5.11 Å². The molecule has 5 heteroatoms. The largest absolute Gasteiger partial charge is 0.388 e. The molecule has 3 aromatic rings. The van der Waals surface area contributed by atoms with Gasteiger partial charge in [0.2, 0.25) is 0 Å². The number of rotatable bonds is 3. The number of benzene rings is 2. The van der Waals surface area contributed by atoms with Crippen molar-refractivity contribution in [3.63, 3.8) is 0 Å². The monoisotopic (exact) mass is 320 g/mol. The van der Waals surface area contributed by atoms with Crippen LogP contribution in [-0.2, 0) is 13.1 Å². The van der Waals surface area contributed by atoms with Crippen molar-refractivity contribution in [3.8, 4) is 5.69 Å². The smallest absolute Gasteiger partial charge is 0.138 e. The molecular formula is C19H20N4O. The maximum atomic E-state index is 10.3. The maximum absolute atomic E-state index is 10.3. The molecule has 1 atom stereocenters. The van der Waals surface area contributed by atoms with Crippen molar-refractivity contribution in [1.82, 2.24) is 19.7 Å². The SMILES string of the molecule is OC1CCN(Cc2ccc(-n3cncn3)cc2)Cc2ccccc21. The lowest BCUT2D eigenvalue weighted by Gasteiger charge is -2.20. The number of hydrogen-bond acceptors (Lipinski definition) is 4. The summed E-state index contributed by atoms with van der Waals surface area (Å²) in [4.78, 5) is 6.36. The molecule has 1 unspecified atom stereocenters. The molecule has 0 amide bonds. The second-order valence-corrected chi connectivity index (χ2v) is 6.22. The highest BCUT2D eigenvalue weighted by atomic mass is 16.3. The summed E-state index contributed by atoms with van der Waals surface area (Å²) < 4.78 is 1.75. The number of aromatic nitrogens is 3. The van der Waals surface area contributed by atoms with E-state index in [1.54, 1.807) is 11.0 Å². The van der Waals surface area contributed by atoms with E-state index in [1.165, 1.54) is 17.5 Å². The Hall–Kier alpha value is -2.50. The Kier molecular flexibility index (Phi) is 4.11. The van der Waals surface area contributed by atoms with Gasteiger partial charge in [-0.1, -0.05) is 36.4 Å². The minimum atomic E-state index is -0.360. The summed E-state index contributed by atoms with van der Waals surface area (Å²) in [7, 11) is 0. The average molecular weight is 320 g/mol. The molecule has 0 bridgehead atoms. The van der Waals surface area contributed by atoms with E-state index in [4.69, 9.17) is 0 Å². The number of nitrogens with zero attached hydrogens (tertiary/aromatic N) is 4. The standard InChI is InChI=1S/C19H20N4O/c24-19-9-10-22(12-16-3-1-2-4-18(16)19)11-15-5-7-17(8-6-15)23-14-20-13-21-23/h1-8,13-14,19,24H,9-12H2. The van der Waals surface area contributed by atoms with Crippen LogP contribution in [0.1, 0.15) is 29.2 Å². The Morgan fingerprint density at radius 2 is 1.92 bits per heavy atom. The summed E-state index contributed by atoms with van der Waals surface area (Å²) >= 11 is 0. The minimum Gasteiger partial charge on any atom is -0.388 e. The van der Waals surface area contributed by atoms with E-state index in [9.17, 15) is 5.11 Å². The molecule has 1 aliphatic rings. The molecule has 0 aliphatic carbocycles. The van der Waals surface area contributed by atoms with Crippen LogP contribution in [0.4, 0.5) is 0 Å². The van der Waals surface area contributed by atoms with Crippen LogP contribution in [0.15, 0.2) is 61.2 Å². The molecule has 0 spiro atoms. The van der Waals surface area contributed by atoms with E-state index in [0.717, 1.165) is 37.3 Å². The fourth-order valence-corrected chi connectivity index (χ4v) is 3.27. The van der Waals surface area contributed by atoms with Gasteiger partial charge >= 0.3 is 0 Å². The van der Waals surface area contributed by atoms with Crippen LogP contribution in [0, 0.1) is 0 Å². The fraction of sp³-hybridized carbons (Fsp3) is 0.263. The lowest BCUT2D eigenvalue weighted by molar-refractivity contribution is 0.150. The predicted molar refractivity (Wildman–Crippen MR) is 91.5 cm³/mol. The molecular weight excluding hydrogens is 300 g/mol. The fourth-order valence-electron chi connectivity index (χ4n) is 3.27. The van der Waals surface area contributed by atoms with Gasteiger partial charge in [-0.25, -0.2) is 9.67 Å². The first-order valence-electron chi connectivity index (χ1n) is 8.22. The third-order valence-corrected chi connectivity index (χ3v) is 4.55. The zero-order valence-electron chi connectivity index (χ0n) is 13.4. The highest BCUT2D eigenvalue weighted by molar-refractivity contribution is 5.34. The Labute approximate surface area is 141 Å². The number of aliphatic hydroxyl groups excluding tert-OH is 1. The van der Waals surface area contributed by atoms with Crippen molar-refractivity contribution >= 4 is 0 Å². The Morgan fingerprint density at radius 3 is 2.71 bits per heavy atom. The highest BCUT2D eigenvalue weighted by Gasteiger charge is 2.20. The summed E-state index contributed by atoms with van der Waals surface area (Å²) in [5.74, 6) is 0. The van der Waals surface area contributed by atoms with Gasteiger partial charge in [-0.05, 0) is 35.2 Å². The number of hydrogen-bond donors (Lipinski definition) is 1. The topological polar surface area (TPSA) is 54.2 Å². The van der Waals surface area contributed by atoms with Gasteiger partial charge in [0.15, 0.2) is 0 Å². The molecule has 0 radical (unpaired) electrons. The van der Waals surface area contributed by atoms with E-state index in [1.807, 2.05) is 18.2 Å². The molecule has 1 aliphatic heterocycles. The summed E-state index contributed by atoms with van der Waals surface area (Å²) in [6.45, 7) is 2.64. The van der Waals surface area contributed by atoms with Gasteiger partial charge in [0, 0.05) is 19.6 Å². The molecule has 5 nitrogen and oxygen atoms in total. The van der Waals surface area contributed by atoms with Crippen molar-refractivity contribution in [2.45, 2.75) is 25.6 Å². The minimum absolute atomic E-state index is 0.360. The molecule has 122 valence electrons. The van der Waals surface area contributed by atoms with Gasteiger partial charge in [0.05, 0.1) is 11.8 Å². The van der Waals surface area contributed by atoms with Crippen LogP contribution in [0.25, 0.3) is 5.69 Å². The van der Waals surface area contributed by atoms with Crippen LogP contribution in [0.5, 0.6) is 0 Å². The van der Waals surface area contributed by atoms with Crippen molar-refractivity contribution in [1.29, 1.82) is 0 Å². The van der Waals surface area contributed by atoms with Crippen molar-refractivity contribution in [3.05, 3.63) is 77.9 Å². The zero-order chi connectivity index (χ0) is 16.4. The second kappa shape index (κ2) is 6.55. The van der Waals surface area contributed by atoms with E-state index in [2.05, 4.69) is 45.3 Å². The predicted octanol–water partition coefficient (Wildman–Crippen LogP) is 2.71. The van der Waals surface area contributed by atoms with Crippen molar-refractivity contribution in [2.24, 2.45) is 0 Å². The highest BCUT2D eigenvalue weighted by Crippen LogP contribution is 2.27. The van der Waals surface area contributed by atoms with E-state index in [-0.39, 0.29) is 6.10 Å². The van der Waals surface area contributed by atoms with Crippen molar-refractivity contribution in [2.75, 3.05) is 6.54 Å². The van der Waals surface area contributed by atoms with Crippen LogP contribution < -0.4 is 0 Å². The van der Waals surface area contributed by atoms with Gasteiger partial charge in [-0.3, -0.25) is 4.90 Å². The van der Waals surface area contributed by atoms with Gasteiger partial charge in [0.25, 0.3) is 0 Å². The van der Waals surface area contributed by atoms with Gasteiger partial charge in [-0.15, -0.1) is 0 Å². The lowest BCUT2D eigenvalue weighted by atomic mass is 10.0. The first-order chi connectivity index (χ1) is 11.8. The van der Waals surface area contributed by atoms with Crippen molar-refractivity contribution < 1.29 is 5.11 Å². The summed E-state index contributed by atoms with van der Waals surface area (Å²) in [6, 6.07) is 16.6. The van der Waals surface area contributed by atoms with E-state index < -0.39 is 0 Å². The quantitative estimate of drug-likeness (QED) is 0.806. The summed E-state index contributed by atoms with van der Waals surface area (Å²) in [5, 5.41) is 14.5. The number of aliphatic hydroxyl groups is 1. The Morgan fingerprint density at radius 1 is 1.08 bits per heavy atom. The van der Waals surface area contributed by atoms with E-state index >= 15 is 0 Å². The van der Waals surface area contributed by atoms with Gasteiger partial charge in [0.1, 0.15) is 12.7 Å². The van der Waals surface area contributed by atoms with Crippen LogP contribution in [-0.4, -0.2) is 31.3 Å². The molecule has 4 rings (SSSR count). The third-order valence-electron chi connectivity index (χ3n) is 4.55. The maximum Gasteiger partial charge on any atom is 0.138 e. The molecule has 2 heterocycles. The summed E-state index contributed by atoms with van der Waals surface area (Å²) in [6.07, 6.45) is 3.64. The lowest BCUT2D eigenvalue weighted by Crippen LogP contribution is -2.22. The van der Waals surface area contributed by atoms with Gasteiger partial charge in [-0.2, -0.15) is 5.10 Å². The molecule has 1 N–H and O–H groups in total. The average Bonchev–Trinajstić information content (AvgIpc) is 3.10. The number of fused-ring (bicyclic) bond motifs is 1. The molecule has 0 fully saturated rings. The zero-order valence-corrected chi connectivity index (χ0v) is 13.4.